The molecule has 25 heteroatoms. The molecule has 0 radical (unpaired) electrons. The van der Waals surface area contributed by atoms with E-state index in [4.69, 9.17) is 4.55 Å². The molecular weight excluding hydrogens is 613 g/mol. The van der Waals surface area contributed by atoms with Gasteiger partial charge < -0.3 is 0 Å². The highest BCUT2D eigenvalue weighted by molar-refractivity contribution is 7.92. The monoisotopic (exact) mass is 621 g/mol. The van der Waals surface area contributed by atoms with Crippen LogP contribution in [0.2, 0.25) is 0 Å². The van der Waals surface area contributed by atoms with E-state index in [2.05, 4.69) is 0 Å². The molecule has 0 amide bonds. The molecule has 0 atom stereocenters. The summed E-state index contributed by atoms with van der Waals surface area (Å²) in [6.07, 6.45) is -7.95. The first-order valence-corrected chi connectivity index (χ1v) is 10.9. The average Bonchev–Trinajstić information content (AvgIpc) is 2.63. The van der Waals surface area contributed by atoms with Gasteiger partial charge in [0.25, 0.3) is 20.1 Å². The van der Waals surface area contributed by atoms with Gasteiger partial charge in [0.2, 0.25) is 0 Å². The van der Waals surface area contributed by atoms with E-state index < -0.39 is 83.8 Å². The van der Waals surface area contributed by atoms with Crippen LogP contribution in [0.4, 0.5) is 74.6 Å². The summed E-state index contributed by atoms with van der Waals surface area (Å²) in [4.78, 5) is 0. The third kappa shape index (κ3) is 4.67. The summed E-state index contributed by atoms with van der Waals surface area (Å²) < 4.78 is 275. The van der Waals surface area contributed by atoms with Gasteiger partial charge in [-0.1, -0.05) is 6.92 Å². The Morgan fingerprint density at radius 3 is 1.08 bits per heavy atom. The Labute approximate surface area is 187 Å². The minimum atomic E-state index is -9.00. The fourth-order valence-corrected chi connectivity index (χ4v) is 4.60. The third-order valence-corrected chi connectivity index (χ3v) is 6.79. The summed E-state index contributed by atoms with van der Waals surface area (Å²) in [5, 5.41) is -7.90. The number of rotatable bonds is 11. The highest BCUT2D eigenvalue weighted by Crippen LogP contribution is 2.64. The molecule has 218 valence electrons. The normalized spacial score (nSPS) is 16.6. The van der Waals surface area contributed by atoms with Crippen molar-refractivity contribution in [1.82, 2.24) is 4.31 Å². The van der Waals surface area contributed by atoms with Crippen molar-refractivity contribution in [3.05, 3.63) is 0 Å². The minimum absolute atomic E-state index is 0.262. The van der Waals surface area contributed by atoms with Crippen LogP contribution in [0.15, 0.2) is 0 Å². The lowest BCUT2D eigenvalue weighted by molar-refractivity contribution is -0.458. The first kappa shape index (κ1) is 34.6. The van der Waals surface area contributed by atoms with Gasteiger partial charge in [-0.25, -0.2) is 8.42 Å². The largest absolute Gasteiger partial charge is 0.460 e. The molecule has 0 spiro atoms. The Morgan fingerprint density at radius 2 is 0.833 bits per heavy atom. The van der Waals surface area contributed by atoms with Crippen molar-refractivity contribution in [2.75, 3.05) is 12.4 Å². The molecule has 36 heavy (non-hydrogen) atoms. The molecule has 0 aromatic rings. The average molecular weight is 621 g/mol. The Kier molecular flexibility index (Phi) is 8.51. The third-order valence-electron chi connectivity index (χ3n) is 4.02. The highest BCUT2D eigenvalue weighted by Gasteiger charge is 2.96. The molecule has 0 aromatic heterocycles. The van der Waals surface area contributed by atoms with Crippen molar-refractivity contribution >= 4 is 20.1 Å². The molecule has 1 N–H and O–H groups in total. The van der Waals surface area contributed by atoms with Gasteiger partial charge >= 0.3 is 47.0 Å². The molecule has 0 aromatic carbocycles. The van der Waals surface area contributed by atoms with E-state index in [0.717, 1.165) is 0 Å². The van der Waals surface area contributed by atoms with Gasteiger partial charge in [-0.3, -0.25) is 4.55 Å². The minimum Gasteiger partial charge on any atom is -0.285 e. The van der Waals surface area contributed by atoms with Crippen LogP contribution < -0.4 is 0 Å². The zero-order valence-electron chi connectivity index (χ0n) is 16.2. The first-order chi connectivity index (χ1) is 15.2. The number of hydrogen-bond donors (Lipinski definition) is 1. The van der Waals surface area contributed by atoms with Crippen LogP contribution in [0, 0.1) is 0 Å². The Hall–Kier alpha value is -1.37. The standard InChI is InChI=1S/C11H8F17NO5S2/c1-2-29(3-35(30,31)32)36(33,34)11(27,28)9(22,23)7(18,19)5(14,15)4(12,13)6(16,17)8(20,21)10(24,25)26/h2-3H2,1H3,(H,30,31,32). The van der Waals surface area contributed by atoms with Crippen molar-refractivity contribution < 1.29 is 96.0 Å². The fraction of sp³-hybridized carbons (Fsp3) is 1.00. The van der Waals surface area contributed by atoms with Crippen molar-refractivity contribution in [1.29, 1.82) is 0 Å². The summed E-state index contributed by atoms with van der Waals surface area (Å²) in [5.74, 6) is -55.2. The van der Waals surface area contributed by atoms with E-state index in [9.17, 15) is 91.5 Å². The second-order valence-electron chi connectivity index (χ2n) is 6.45. The van der Waals surface area contributed by atoms with Crippen molar-refractivity contribution in [3.8, 4) is 0 Å². The van der Waals surface area contributed by atoms with Crippen LogP contribution in [0.5, 0.6) is 0 Å². The van der Waals surface area contributed by atoms with Crippen molar-refractivity contribution in [3.63, 3.8) is 0 Å². The summed E-state index contributed by atoms with van der Waals surface area (Å²) in [6, 6.07) is 0. The van der Waals surface area contributed by atoms with Gasteiger partial charge in [-0.05, 0) is 0 Å². The van der Waals surface area contributed by atoms with Crippen molar-refractivity contribution in [2.24, 2.45) is 0 Å². The fourth-order valence-electron chi connectivity index (χ4n) is 1.99. The summed E-state index contributed by atoms with van der Waals surface area (Å²) in [5.41, 5.74) is 0. The van der Waals surface area contributed by atoms with E-state index in [0.29, 0.717) is 0 Å². The van der Waals surface area contributed by atoms with Gasteiger partial charge in [0, 0.05) is 6.54 Å². The SMILES string of the molecule is CCN(CS(=O)(=O)O)S(=O)(=O)C(F)(F)C(F)(F)C(F)(F)C(F)(F)C(F)(F)C(F)(F)C(F)(F)C(F)(F)F. The maximum absolute atomic E-state index is 13.9. The molecule has 6 nitrogen and oxygen atoms in total. The quantitative estimate of drug-likeness (QED) is 0.272. The van der Waals surface area contributed by atoms with Crippen LogP contribution in [-0.2, 0) is 20.1 Å². The Morgan fingerprint density at radius 1 is 0.556 bits per heavy atom. The molecule has 0 saturated heterocycles. The number of alkyl halides is 17. The molecule has 0 aliphatic rings. The number of sulfonamides is 1. The van der Waals surface area contributed by atoms with Crippen LogP contribution in [0.1, 0.15) is 6.92 Å². The summed E-state index contributed by atoms with van der Waals surface area (Å²) in [6.45, 7) is -1.53. The Balaban J connectivity index is 7.11. The highest BCUT2D eigenvalue weighted by atomic mass is 32.2. The number of halogens is 17. The lowest BCUT2D eigenvalue weighted by atomic mass is 9.91. The molecule has 0 unspecified atom stereocenters. The summed E-state index contributed by atoms with van der Waals surface area (Å²) in [7, 11) is -13.6. The van der Waals surface area contributed by atoms with Crippen LogP contribution in [0.25, 0.3) is 0 Å². The van der Waals surface area contributed by atoms with Gasteiger partial charge in [0.1, 0.15) is 5.88 Å². The number of hydrogen-bond acceptors (Lipinski definition) is 4. The smallest absolute Gasteiger partial charge is 0.285 e. The van der Waals surface area contributed by atoms with Gasteiger partial charge in [0.15, 0.2) is 0 Å². The van der Waals surface area contributed by atoms with E-state index in [-0.39, 0.29) is 6.92 Å². The predicted octanol–water partition coefficient (Wildman–Crippen LogP) is 4.45. The molecule has 0 saturated carbocycles. The molecule has 0 aliphatic heterocycles. The maximum Gasteiger partial charge on any atom is 0.460 e. The van der Waals surface area contributed by atoms with E-state index in [1.807, 2.05) is 0 Å². The number of nitrogens with zero attached hydrogens (tertiary/aromatic N) is 1. The van der Waals surface area contributed by atoms with Gasteiger partial charge in [-0.15, -0.1) is 0 Å². The molecule has 0 aliphatic carbocycles. The van der Waals surface area contributed by atoms with E-state index in [1.54, 1.807) is 0 Å². The zero-order chi connectivity index (χ0) is 30.0. The predicted molar refractivity (Wildman–Crippen MR) is 78.4 cm³/mol. The van der Waals surface area contributed by atoms with Crippen LogP contribution in [-0.4, -0.2) is 85.1 Å². The molecule has 0 bridgehead atoms. The second-order valence-corrected chi connectivity index (χ2v) is 9.85. The molecule has 0 rings (SSSR count). The molecular formula is C11H8F17NO5S2. The zero-order valence-corrected chi connectivity index (χ0v) is 17.8. The first-order valence-electron chi connectivity index (χ1n) is 7.83. The lowest BCUT2D eigenvalue weighted by Gasteiger charge is -2.42. The lowest BCUT2D eigenvalue weighted by Crippen LogP contribution is -2.75. The topological polar surface area (TPSA) is 91.8 Å². The van der Waals surface area contributed by atoms with Crippen LogP contribution >= 0.6 is 0 Å². The molecule has 0 fully saturated rings. The summed E-state index contributed by atoms with van der Waals surface area (Å²) >= 11 is 0. The van der Waals surface area contributed by atoms with Crippen molar-refractivity contribution in [2.45, 2.75) is 53.9 Å². The van der Waals surface area contributed by atoms with Gasteiger partial charge in [0.05, 0.1) is 0 Å². The second kappa shape index (κ2) is 8.84. The van der Waals surface area contributed by atoms with E-state index in [1.165, 1.54) is 0 Å². The Bertz CT molecular complexity index is 1030. The molecule has 0 heterocycles. The van der Waals surface area contributed by atoms with E-state index >= 15 is 0 Å². The van der Waals surface area contributed by atoms with Crippen LogP contribution in [0.3, 0.4) is 0 Å². The van der Waals surface area contributed by atoms with Gasteiger partial charge in [-0.2, -0.15) is 87.4 Å². The maximum atomic E-state index is 13.9.